The largest absolute Gasteiger partial charge is 0.496 e. The zero-order chi connectivity index (χ0) is 79.7. The van der Waals surface area contributed by atoms with E-state index in [1.807, 2.05) is 27.7 Å². The summed E-state index contributed by atoms with van der Waals surface area (Å²) < 4.78 is 97.5. The van der Waals surface area contributed by atoms with E-state index in [1.54, 1.807) is 67.2 Å². The van der Waals surface area contributed by atoms with Crippen molar-refractivity contribution in [3.63, 3.8) is 0 Å². The summed E-state index contributed by atoms with van der Waals surface area (Å²) >= 11 is 19.5. The van der Waals surface area contributed by atoms with Crippen molar-refractivity contribution in [1.29, 1.82) is 0 Å². The van der Waals surface area contributed by atoms with Gasteiger partial charge in [0.05, 0.1) is 118 Å². The number of anilines is 1. The number of rotatable bonds is 13. The number of carbonyl (C=O) groups is 4. The number of hydrogen-bond donors (Lipinski definition) is 1. The summed E-state index contributed by atoms with van der Waals surface area (Å²) in [6, 6.07) is 7.33. The molecule has 107 heavy (non-hydrogen) atoms. The first-order chi connectivity index (χ1) is 50.1. The molecular weight excluding hydrogens is 1470 g/mol. The minimum Gasteiger partial charge on any atom is -0.496 e. The Bertz CT molecular complexity index is 5000. The smallest absolute Gasteiger partial charge is 0.410 e. The molecule has 1 N–H and O–H groups in total. The summed E-state index contributed by atoms with van der Waals surface area (Å²) in [6.07, 6.45) is 1.37. The van der Waals surface area contributed by atoms with Crippen LogP contribution in [0, 0.1) is 57.3 Å². The Morgan fingerprint density at radius 2 is 1.01 bits per heavy atom. The molecule has 0 bridgehead atoms. The van der Waals surface area contributed by atoms with Crippen molar-refractivity contribution in [3.8, 4) is 45.1 Å². The number of fused-ring (bicyclic) bond motifs is 2. The molecular formula is C72H79Cl3F4N12O16. The Morgan fingerprint density at radius 1 is 0.589 bits per heavy atom. The van der Waals surface area contributed by atoms with Crippen LogP contribution in [0.5, 0.6) is 11.5 Å². The molecule has 572 valence electrons. The average Bonchev–Trinajstić information content (AvgIpc) is 0.715. The van der Waals surface area contributed by atoms with Crippen molar-refractivity contribution in [1.82, 2.24) is 44.2 Å². The molecule has 8 aromatic rings. The van der Waals surface area contributed by atoms with Crippen LogP contribution in [-0.4, -0.2) is 163 Å². The van der Waals surface area contributed by atoms with Crippen LogP contribution in [0.25, 0.3) is 55.4 Å². The molecule has 0 saturated carbocycles. The number of nitro groups is 2. The van der Waals surface area contributed by atoms with Crippen molar-refractivity contribution in [2.75, 3.05) is 59.5 Å². The fourth-order valence-corrected chi connectivity index (χ4v) is 13.3. The highest BCUT2D eigenvalue weighted by atomic mass is 35.5. The van der Waals surface area contributed by atoms with Gasteiger partial charge in [0.25, 0.3) is 0 Å². The number of benzene rings is 4. The van der Waals surface area contributed by atoms with Gasteiger partial charge in [-0.15, -0.1) is 0 Å². The summed E-state index contributed by atoms with van der Waals surface area (Å²) in [5.41, 5.74) is -7.89. The molecule has 2 amide bonds. The van der Waals surface area contributed by atoms with Gasteiger partial charge in [-0.3, -0.25) is 43.7 Å². The highest BCUT2D eigenvalue weighted by Crippen LogP contribution is 2.48. The summed E-state index contributed by atoms with van der Waals surface area (Å²) in [7, 11) is 4.96. The minimum atomic E-state index is -1.44. The topological polar surface area (TPSA) is 327 Å². The Kier molecular flexibility index (Phi) is 25.3. The number of methoxy groups -OCH3 is 4. The number of nitrogens with one attached hydrogen (secondary N) is 1. The van der Waals surface area contributed by atoms with Crippen molar-refractivity contribution < 1.29 is 75.0 Å². The van der Waals surface area contributed by atoms with Crippen molar-refractivity contribution in [3.05, 3.63) is 163 Å². The van der Waals surface area contributed by atoms with Gasteiger partial charge in [-0.1, -0.05) is 74.6 Å². The lowest BCUT2D eigenvalue weighted by Gasteiger charge is -2.45. The average molecular weight is 1550 g/mol. The summed E-state index contributed by atoms with van der Waals surface area (Å²) in [6.45, 7) is 24.3. The first-order valence-electron chi connectivity index (χ1n) is 33.2. The van der Waals surface area contributed by atoms with Crippen LogP contribution in [0.2, 0.25) is 15.1 Å². The van der Waals surface area contributed by atoms with Gasteiger partial charge in [0, 0.05) is 47.1 Å². The summed E-state index contributed by atoms with van der Waals surface area (Å²) in [5, 5.41) is 26.2. The number of aryl methyl sites for hydroxylation is 2. The number of halogens is 7. The van der Waals surface area contributed by atoms with Gasteiger partial charge in [0.15, 0.2) is 11.6 Å². The number of hydrogen-bond acceptors (Lipinski definition) is 22. The van der Waals surface area contributed by atoms with E-state index in [0.29, 0.717) is 12.2 Å². The van der Waals surface area contributed by atoms with Gasteiger partial charge >= 0.3 is 46.6 Å². The van der Waals surface area contributed by atoms with E-state index in [1.165, 1.54) is 81.0 Å². The normalized spacial score (nSPS) is 16.0. The third-order valence-electron chi connectivity index (χ3n) is 17.2. The Morgan fingerprint density at radius 3 is 1.42 bits per heavy atom. The number of pyridine rings is 2. The van der Waals surface area contributed by atoms with Gasteiger partial charge in [-0.2, -0.15) is 0 Å². The van der Waals surface area contributed by atoms with Gasteiger partial charge in [0.2, 0.25) is 0 Å². The second-order valence-electron chi connectivity index (χ2n) is 27.5. The molecule has 0 spiro atoms. The van der Waals surface area contributed by atoms with Crippen LogP contribution in [0.4, 0.5) is 44.2 Å². The molecule has 35 heteroatoms. The number of esters is 2. The Balaban J connectivity index is 0.000000229. The maximum atomic E-state index is 17.7. The van der Waals surface area contributed by atoms with E-state index in [9.17, 15) is 53.4 Å². The highest BCUT2D eigenvalue weighted by Gasteiger charge is 2.46. The van der Waals surface area contributed by atoms with Gasteiger partial charge in [-0.25, -0.2) is 51.9 Å². The molecule has 10 rings (SSSR count). The van der Waals surface area contributed by atoms with E-state index in [-0.39, 0.29) is 115 Å². The standard InChI is InChI=1S/C36H39ClF2N6O8.C24H18Cl2F2N4O4.C12H22N2O4/c1-17(2)28-29(19(4)40-16-41-28)44-30-20(13-21(37)25(27(30)39)26-22(38)11-10-12-24(26)51-8)31(32(33(44)46)45(49)50)43-14-18(3)42(15-23(43)34(47)52-9)35(48)53-36(5,6)7;1-10(2)20-21(11(3)29-9-30-20)31-22-12(18(26)23(24(31)33)32(34)35)8-13(25)16(19(22)28)17-14(27)6-5-7-15(17)36-4;1-8-6-13-9(10(15)17-5)7-14(8)11(16)18-12(2,3)4/h10-13,16-18,23H,14-15H2,1-9H3;5-10H,1-4H3;8-9,13H,6-7H2,1-5H3/t18-,23-;;8-,9-/m1.1/s1. The molecule has 6 heterocycles. The second-order valence-corrected chi connectivity index (χ2v) is 28.7. The Hall–Kier alpha value is -10.3. The molecule has 2 aliphatic heterocycles. The lowest BCUT2D eigenvalue weighted by Crippen LogP contribution is -2.62. The minimum absolute atomic E-state index is 0.0132. The van der Waals surface area contributed by atoms with Gasteiger partial charge in [0.1, 0.15) is 69.8 Å². The SMILES string of the molecule is COC(=O)[C@H]1CN(C(=O)OC(C)(C)C)[C@H](C)CN1.COC(=O)[C@H]1CN(C(=O)OC(C)(C)C)[C@H](C)CN1c1c([N+](=O)[O-])c(=O)n(-c2c(C)ncnc2C(C)C)c2c(F)c(-c3c(F)cccc3OC)c(Cl)cc12.COc1cccc(F)c1-c1c(Cl)cc2c(Cl)c([N+](=O)[O-])c(=O)n(-c3c(C)ncnc3C(C)C)c2c1F. The number of ether oxygens (including phenoxy) is 6. The molecule has 4 atom stereocenters. The third kappa shape index (κ3) is 16.6. The molecule has 4 aromatic carbocycles. The van der Waals surface area contributed by atoms with Crippen molar-refractivity contribution >= 4 is 97.8 Å². The fourth-order valence-electron chi connectivity index (χ4n) is 12.4. The Labute approximate surface area is 626 Å². The summed E-state index contributed by atoms with van der Waals surface area (Å²) in [5.74, 6) is -6.13. The lowest BCUT2D eigenvalue weighted by molar-refractivity contribution is -0.386. The number of nitrogens with zero attached hydrogens (tertiary/aromatic N) is 11. The molecule has 0 unspecified atom stereocenters. The van der Waals surface area contributed by atoms with E-state index < -0.39 is 136 Å². The highest BCUT2D eigenvalue weighted by molar-refractivity contribution is 6.39. The van der Waals surface area contributed by atoms with Crippen LogP contribution >= 0.6 is 34.8 Å². The van der Waals surface area contributed by atoms with Crippen LogP contribution < -0.4 is 30.8 Å². The van der Waals surface area contributed by atoms with E-state index in [2.05, 4.69) is 30.0 Å². The number of carbonyl (C=O) groups excluding carboxylic acids is 4. The molecule has 0 aliphatic carbocycles. The second kappa shape index (κ2) is 32.8. The van der Waals surface area contributed by atoms with E-state index >= 15 is 13.2 Å². The van der Waals surface area contributed by atoms with Crippen LogP contribution in [0.15, 0.2) is 70.8 Å². The van der Waals surface area contributed by atoms with Crippen LogP contribution in [-0.2, 0) is 28.5 Å². The van der Waals surface area contributed by atoms with Gasteiger partial charge < -0.3 is 48.4 Å². The predicted octanol–water partition coefficient (Wildman–Crippen LogP) is 13.9. The van der Waals surface area contributed by atoms with Crippen molar-refractivity contribution in [2.45, 2.75) is 144 Å². The third-order valence-corrected chi connectivity index (χ3v) is 18.2. The molecule has 0 radical (unpaired) electrons. The molecule has 28 nitrogen and oxygen atoms in total. The fraction of sp³-hybridized carbons (Fsp3) is 0.417. The van der Waals surface area contributed by atoms with E-state index in [0.717, 1.165) is 34.4 Å². The zero-order valence-electron chi connectivity index (χ0n) is 61.7. The molecule has 2 aliphatic rings. The summed E-state index contributed by atoms with van der Waals surface area (Å²) in [4.78, 5) is 123. The monoisotopic (exact) mass is 1550 g/mol. The molecule has 4 aromatic heterocycles. The maximum Gasteiger partial charge on any atom is 0.410 e. The molecule has 2 saturated heterocycles. The van der Waals surface area contributed by atoms with Gasteiger partial charge in [-0.05, 0) is 117 Å². The number of aromatic nitrogens is 6. The molecule has 2 fully saturated rings. The predicted molar refractivity (Wildman–Crippen MR) is 392 cm³/mol. The van der Waals surface area contributed by atoms with Crippen molar-refractivity contribution in [2.24, 2.45) is 0 Å². The quantitative estimate of drug-likeness (QED) is 0.0368. The lowest BCUT2D eigenvalue weighted by atomic mass is 9.97. The number of amides is 2. The van der Waals surface area contributed by atoms with Crippen LogP contribution in [0.1, 0.15) is 118 Å². The first kappa shape index (κ1) is 82.3. The van der Waals surface area contributed by atoms with Crippen LogP contribution in [0.3, 0.4) is 0 Å². The maximum absolute atomic E-state index is 17.7. The first-order valence-corrected chi connectivity index (χ1v) is 34.3. The zero-order valence-corrected chi connectivity index (χ0v) is 63.9. The van der Waals surface area contributed by atoms with E-state index in [4.69, 9.17) is 58.5 Å². The number of piperazine rings is 2.